The third-order valence-corrected chi connectivity index (χ3v) is 4.83. The Labute approximate surface area is 167 Å². The van der Waals surface area contributed by atoms with Crippen LogP contribution in [0.15, 0.2) is 78.9 Å². The number of para-hydroxylation sites is 1. The van der Waals surface area contributed by atoms with Gasteiger partial charge >= 0.3 is 0 Å². The standard InChI is InChI=1S/C25H27NO2/c1-3-4-10-25(27)26(23-8-6-5-7-9-23)19-20-11-13-21(14-12-20)22-15-17-24(28-2)18-16-22/h5-9,11-18H,3-4,10,19H2,1-2H3. The SMILES string of the molecule is CCCCC(=O)N(Cc1ccc(-c2ccc(OC)cc2)cc1)c1ccccc1. The Morgan fingerprint density at radius 2 is 1.46 bits per heavy atom. The van der Waals surface area contributed by atoms with E-state index in [1.165, 1.54) is 0 Å². The quantitative estimate of drug-likeness (QED) is 0.478. The summed E-state index contributed by atoms with van der Waals surface area (Å²) < 4.78 is 5.22. The molecule has 0 aliphatic carbocycles. The van der Waals surface area contributed by atoms with E-state index in [1.54, 1.807) is 7.11 Å². The molecule has 3 rings (SSSR count). The Bertz CT molecular complexity index is 871. The van der Waals surface area contributed by atoms with Crippen LogP contribution in [0.25, 0.3) is 11.1 Å². The van der Waals surface area contributed by atoms with Gasteiger partial charge in [-0.3, -0.25) is 4.79 Å². The Kier molecular flexibility index (Phi) is 6.85. The second-order valence-electron chi connectivity index (χ2n) is 6.84. The third kappa shape index (κ3) is 5.01. The number of carbonyl (C=O) groups is 1. The zero-order valence-electron chi connectivity index (χ0n) is 16.6. The molecule has 0 heterocycles. The van der Waals surface area contributed by atoms with E-state index in [0.717, 1.165) is 41.0 Å². The normalized spacial score (nSPS) is 10.5. The van der Waals surface area contributed by atoms with E-state index >= 15 is 0 Å². The number of ether oxygens (including phenoxy) is 1. The highest BCUT2D eigenvalue weighted by molar-refractivity contribution is 5.93. The summed E-state index contributed by atoms with van der Waals surface area (Å²) in [5.74, 6) is 1.02. The van der Waals surface area contributed by atoms with Gasteiger partial charge < -0.3 is 9.64 Å². The summed E-state index contributed by atoms with van der Waals surface area (Å²) in [7, 11) is 1.67. The number of hydrogen-bond acceptors (Lipinski definition) is 2. The lowest BCUT2D eigenvalue weighted by molar-refractivity contribution is -0.118. The summed E-state index contributed by atoms with van der Waals surface area (Å²) in [5, 5.41) is 0. The minimum atomic E-state index is 0.173. The largest absolute Gasteiger partial charge is 0.497 e. The molecule has 3 heteroatoms. The average molecular weight is 373 g/mol. The summed E-state index contributed by atoms with van der Waals surface area (Å²) >= 11 is 0. The van der Waals surface area contributed by atoms with Crippen molar-refractivity contribution in [2.75, 3.05) is 12.0 Å². The molecule has 0 atom stereocenters. The molecule has 3 aromatic carbocycles. The average Bonchev–Trinajstić information content (AvgIpc) is 2.77. The number of amides is 1. The number of methoxy groups -OCH3 is 1. The van der Waals surface area contributed by atoms with Crippen LogP contribution >= 0.6 is 0 Å². The van der Waals surface area contributed by atoms with Crippen molar-refractivity contribution in [3.05, 3.63) is 84.4 Å². The van der Waals surface area contributed by atoms with Gasteiger partial charge in [-0.15, -0.1) is 0 Å². The third-order valence-electron chi connectivity index (χ3n) is 4.83. The van der Waals surface area contributed by atoms with Gasteiger partial charge in [0.1, 0.15) is 5.75 Å². The molecular formula is C25H27NO2. The molecule has 0 aliphatic heterocycles. The molecule has 0 saturated heterocycles. The molecular weight excluding hydrogens is 346 g/mol. The summed E-state index contributed by atoms with van der Waals surface area (Å²) in [6, 6.07) is 26.4. The lowest BCUT2D eigenvalue weighted by atomic mass is 10.0. The van der Waals surface area contributed by atoms with Gasteiger partial charge in [-0.2, -0.15) is 0 Å². The van der Waals surface area contributed by atoms with Gasteiger partial charge in [-0.05, 0) is 47.4 Å². The second kappa shape index (κ2) is 9.75. The summed E-state index contributed by atoms with van der Waals surface area (Å²) in [6.45, 7) is 2.69. The molecule has 144 valence electrons. The molecule has 0 radical (unpaired) electrons. The lowest BCUT2D eigenvalue weighted by Gasteiger charge is -2.23. The molecule has 0 saturated carbocycles. The fourth-order valence-corrected chi connectivity index (χ4v) is 3.16. The van der Waals surface area contributed by atoms with Crippen LogP contribution in [0, 0.1) is 0 Å². The molecule has 0 aliphatic rings. The number of hydrogen-bond donors (Lipinski definition) is 0. The predicted octanol–water partition coefficient (Wildman–Crippen LogP) is 6.09. The first kappa shape index (κ1) is 19.7. The Hall–Kier alpha value is -3.07. The van der Waals surface area contributed by atoms with Crippen molar-refractivity contribution in [2.45, 2.75) is 32.7 Å². The summed E-state index contributed by atoms with van der Waals surface area (Å²) in [5.41, 5.74) is 4.36. The van der Waals surface area contributed by atoms with Crippen LogP contribution in [0.4, 0.5) is 5.69 Å². The van der Waals surface area contributed by atoms with Crippen LogP contribution in [0.1, 0.15) is 31.7 Å². The molecule has 0 unspecified atom stereocenters. The van der Waals surface area contributed by atoms with E-state index in [0.29, 0.717) is 13.0 Å². The van der Waals surface area contributed by atoms with Crippen molar-refractivity contribution in [3.63, 3.8) is 0 Å². The van der Waals surface area contributed by atoms with Crippen molar-refractivity contribution >= 4 is 11.6 Å². The van der Waals surface area contributed by atoms with Crippen molar-refractivity contribution in [1.29, 1.82) is 0 Å². The van der Waals surface area contributed by atoms with Crippen LogP contribution < -0.4 is 9.64 Å². The fourth-order valence-electron chi connectivity index (χ4n) is 3.16. The number of benzene rings is 3. The van der Waals surface area contributed by atoms with E-state index in [-0.39, 0.29) is 5.91 Å². The van der Waals surface area contributed by atoms with Crippen LogP contribution in [0.2, 0.25) is 0 Å². The number of unbranched alkanes of at least 4 members (excludes halogenated alkanes) is 1. The van der Waals surface area contributed by atoms with Gasteiger partial charge in [0.15, 0.2) is 0 Å². The second-order valence-corrected chi connectivity index (χ2v) is 6.84. The molecule has 1 amide bonds. The first-order chi connectivity index (χ1) is 13.7. The minimum absolute atomic E-state index is 0.173. The molecule has 0 bridgehead atoms. The highest BCUT2D eigenvalue weighted by Gasteiger charge is 2.15. The summed E-state index contributed by atoms with van der Waals surface area (Å²) in [4.78, 5) is 14.7. The monoisotopic (exact) mass is 373 g/mol. The van der Waals surface area contributed by atoms with E-state index in [4.69, 9.17) is 4.74 Å². The smallest absolute Gasteiger partial charge is 0.227 e. The minimum Gasteiger partial charge on any atom is -0.497 e. The van der Waals surface area contributed by atoms with E-state index < -0.39 is 0 Å². The van der Waals surface area contributed by atoms with Crippen molar-refractivity contribution in [2.24, 2.45) is 0 Å². The molecule has 28 heavy (non-hydrogen) atoms. The van der Waals surface area contributed by atoms with Gasteiger partial charge in [0.2, 0.25) is 5.91 Å². The molecule has 3 nitrogen and oxygen atoms in total. The van der Waals surface area contributed by atoms with Crippen molar-refractivity contribution < 1.29 is 9.53 Å². The number of nitrogens with zero attached hydrogens (tertiary/aromatic N) is 1. The zero-order chi connectivity index (χ0) is 19.8. The number of carbonyl (C=O) groups excluding carboxylic acids is 1. The first-order valence-corrected chi connectivity index (χ1v) is 9.80. The van der Waals surface area contributed by atoms with E-state index in [1.807, 2.05) is 47.4 Å². The molecule has 0 aromatic heterocycles. The Morgan fingerprint density at radius 3 is 2.04 bits per heavy atom. The van der Waals surface area contributed by atoms with Crippen molar-refractivity contribution in [1.82, 2.24) is 0 Å². The molecule has 0 spiro atoms. The van der Waals surface area contributed by atoms with Gasteiger partial charge in [0.25, 0.3) is 0 Å². The summed E-state index contributed by atoms with van der Waals surface area (Å²) in [6.07, 6.45) is 2.51. The maximum absolute atomic E-state index is 12.8. The highest BCUT2D eigenvalue weighted by atomic mass is 16.5. The number of rotatable bonds is 8. The van der Waals surface area contributed by atoms with E-state index in [9.17, 15) is 4.79 Å². The maximum Gasteiger partial charge on any atom is 0.227 e. The fraction of sp³-hybridized carbons (Fsp3) is 0.240. The van der Waals surface area contributed by atoms with Crippen molar-refractivity contribution in [3.8, 4) is 16.9 Å². The van der Waals surface area contributed by atoms with E-state index in [2.05, 4.69) is 43.3 Å². The first-order valence-electron chi connectivity index (χ1n) is 9.80. The van der Waals surface area contributed by atoms with Gasteiger partial charge in [0.05, 0.1) is 13.7 Å². The molecule has 0 N–H and O–H groups in total. The van der Waals surface area contributed by atoms with Crippen LogP contribution in [-0.4, -0.2) is 13.0 Å². The molecule has 3 aromatic rings. The maximum atomic E-state index is 12.8. The zero-order valence-corrected chi connectivity index (χ0v) is 16.6. The van der Waals surface area contributed by atoms with Gasteiger partial charge in [0, 0.05) is 12.1 Å². The van der Waals surface area contributed by atoms with Crippen LogP contribution in [0.5, 0.6) is 5.75 Å². The molecule has 0 fully saturated rings. The lowest BCUT2D eigenvalue weighted by Crippen LogP contribution is -2.30. The topological polar surface area (TPSA) is 29.5 Å². The van der Waals surface area contributed by atoms with Gasteiger partial charge in [-0.1, -0.05) is 67.9 Å². The van der Waals surface area contributed by atoms with Crippen LogP contribution in [0.3, 0.4) is 0 Å². The van der Waals surface area contributed by atoms with Gasteiger partial charge in [-0.25, -0.2) is 0 Å². The van der Waals surface area contributed by atoms with Crippen LogP contribution in [-0.2, 0) is 11.3 Å². The Balaban J connectivity index is 1.77. The highest BCUT2D eigenvalue weighted by Crippen LogP contribution is 2.24. The Morgan fingerprint density at radius 1 is 0.857 bits per heavy atom. The number of anilines is 1. The predicted molar refractivity (Wildman–Crippen MR) is 116 cm³/mol.